The molecule has 0 heterocycles. The van der Waals surface area contributed by atoms with Crippen molar-refractivity contribution in [3.05, 3.63) is 35.9 Å². The SMILES string of the molecule is CCCCCCCCCNC(=O)C(=O)NCc1ccccc1. The largest absolute Gasteiger partial charge is 0.348 e. The number of nitrogens with one attached hydrogen (secondary N) is 2. The monoisotopic (exact) mass is 304 g/mol. The van der Waals surface area contributed by atoms with Gasteiger partial charge in [0.1, 0.15) is 0 Å². The maximum Gasteiger partial charge on any atom is 0.309 e. The minimum absolute atomic E-state index is 0.379. The van der Waals surface area contributed by atoms with Crippen molar-refractivity contribution < 1.29 is 9.59 Å². The number of benzene rings is 1. The van der Waals surface area contributed by atoms with Crippen molar-refractivity contribution in [3.63, 3.8) is 0 Å². The summed E-state index contributed by atoms with van der Waals surface area (Å²) in [4.78, 5) is 23.2. The van der Waals surface area contributed by atoms with Crippen molar-refractivity contribution in [1.82, 2.24) is 10.6 Å². The van der Waals surface area contributed by atoms with Gasteiger partial charge >= 0.3 is 11.8 Å². The summed E-state index contributed by atoms with van der Waals surface area (Å²) in [6.07, 6.45) is 8.37. The van der Waals surface area contributed by atoms with Crippen LogP contribution in [-0.2, 0) is 16.1 Å². The van der Waals surface area contributed by atoms with Crippen molar-refractivity contribution in [2.75, 3.05) is 6.54 Å². The van der Waals surface area contributed by atoms with Crippen LogP contribution in [0, 0.1) is 0 Å². The van der Waals surface area contributed by atoms with Crippen LogP contribution in [0.4, 0.5) is 0 Å². The summed E-state index contributed by atoms with van der Waals surface area (Å²) in [7, 11) is 0. The molecular weight excluding hydrogens is 276 g/mol. The Hall–Kier alpha value is -1.84. The maximum absolute atomic E-state index is 11.6. The number of hydrogen-bond acceptors (Lipinski definition) is 2. The lowest BCUT2D eigenvalue weighted by Crippen LogP contribution is -2.39. The highest BCUT2D eigenvalue weighted by Crippen LogP contribution is 2.06. The molecule has 1 aromatic carbocycles. The second-order valence-electron chi connectivity index (χ2n) is 5.55. The molecule has 0 aliphatic heterocycles. The van der Waals surface area contributed by atoms with Gasteiger partial charge in [-0.05, 0) is 12.0 Å². The zero-order chi connectivity index (χ0) is 16.0. The molecule has 0 bridgehead atoms. The first kappa shape index (κ1) is 18.2. The summed E-state index contributed by atoms with van der Waals surface area (Å²) < 4.78 is 0. The normalized spacial score (nSPS) is 10.2. The molecule has 0 radical (unpaired) electrons. The molecule has 0 atom stereocenters. The predicted octanol–water partition coefficient (Wildman–Crippen LogP) is 3.17. The van der Waals surface area contributed by atoms with Gasteiger partial charge in [-0.3, -0.25) is 9.59 Å². The van der Waals surface area contributed by atoms with Crippen LogP contribution in [0.5, 0.6) is 0 Å². The molecule has 0 saturated heterocycles. The highest BCUT2D eigenvalue weighted by Gasteiger charge is 2.11. The van der Waals surface area contributed by atoms with Crippen molar-refractivity contribution in [1.29, 1.82) is 0 Å². The molecule has 0 spiro atoms. The number of unbranched alkanes of at least 4 members (excludes halogenated alkanes) is 6. The van der Waals surface area contributed by atoms with Gasteiger partial charge in [-0.25, -0.2) is 0 Å². The Morgan fingerprint density at radius 2 is 1.41 bits per heavy atom. The van der Waals surface area contributed by atoms with Gasteiger partial charge in [0.2, 0.25) is 0 Å². The van der Waals surface area contributed by atoms with Crippen LogP contribution in [0.3, 0.4) is 0 Å². The zero-order valence-corrected chi connectivity index (χ0v) is 13.6. The number of hydrogen-bond donors (Lipinski definition) is 2. The average Bonchev–Trinajstić information content (AvgIpc) is 2.55. The Morgan fingerprint density at radius 1 is 0.818 bits per heavy atom. The molecule has 0 unspecified atom stereocenters. The van der Waals surface area contributed by atoms with Crippen LogP contribution < -0.4 is 10.6 Å². The molecule has 4 nitrogen and oxygen atoms in total. The van der Waals surface area contributed by atoms with Gasteiger partial charge in [-0.15, -0.1) is 0 Å². The Bertz CT molecular complexity index is 432. The molecule has 0 aromatic heterocycles. The molecule has 4 heteroatoms. The van der Waals surface area contributed by atoms with E-state index in [4.69, 9.17) is 0 Å². The summed E-state index contributed by atoms with van der Waals surface area (Å²) >= 11 is 0. The number of rotatable bonds is 10. The number of amides is 2. The molecule has 1 aromatic rings. The van der Waals surface area contributed by atoms with Crippen LogP contribution in [0.15, 0.2) is 30.3 Å². The molecule has 0 fully saturated rings. The highest BCUT2D eigenvalue weighted by molar-refractivity contribution is 6.35. The van der Waals surface area contributed by atoms with E-state index in [1.807, 2.05) is 30.3 Å². The molecule has 122 valence electrons. The van der Waals surface area contributed by atoms with E-state index in [2.05, 4.69) is 17.6 Å². The van der Waals surface area contributed by atoms with Crippen molar-refractivity contribution in [3.8, 4) is 0 Å². The summed E-state index contributed by atoms with van der Waals surface area (Å²) in [6, 6.07) is 9.55. The lowest BCUT2D eigenvalue weighted by Gasteiger charge is -2.06. The average molecular weight is 304 g/mol. The van der Waals surface area contributed by atoms with E-state index in [1.165, 1.54) is 32.1 Å². The Morgan fingerprint density at radius 3 is 2.09 bits per heavy atom. The van der Waals surface area contributed by atoms with Gasteiger partial charge in [0.25, 0.3) is 0 Å². The van der Waals surface area contributed by atoms with Crippen LogP contribution in [0.2, 0.25) is 0 Å². The van der Waals surface area contributed by atoms with Gasteiger partial charge in [0, 0.05) is 13.1 Å². The topological polar surface area (TPSA) is 58.2 Å². The highest BCUT2D eigenvalue weighted by atomic mass is 16.2. The fraction of sp³-hybridized carbons (Fsp3) is 0.556. The summed E-state index contributed by atoms with van der Waals surface area (Å²) in [5.74, 6) is -1.10. The third kappa shape index (κ3) is 8.45. The maximum atomic E-state index is 11.6. The first-order valence-corrected chi connectivity index (χ1v) is 8.34. The third-order valence-corrected chi connectivity index (χ3v) is 3.57. The van der Waals surface area contributed by atoms with Crippen LogP contribution in [0.25, 0.3) is 0 Å². The van der Waals surface area contributed by atoms with Crippen molar-refractivity contribution >= 4 is 11.8 Å². The predicted molar refractivity (Wildman–Crippen MR) is 89.3 cm³/mol. The molecule has 0 aliphatic carbocycles. The molecule has 0 saturated carbocycles. The van der Waals surface area contributed by atoms with Crippen LogP contribution in [0.1, 0.15) is 57.4 Å². The molecule has 1 rings (SSSR count). The van der Waals surface area contributed by atoms with E-state index in [9.17, 15) is 9.59 Å². The van der Waals surface area contributed by atoms with E-state index in [0.717, 1.165) is 18.4 Å². The van der Waals surface area contributed by atoms with E-state index in [0.29, 0.717) is 13.1 Å². The number of carbonyl (C=O) groups excluding carboxylic acids is 2. The second kappa shape index (κ2) is 11.8. The van der Waals surface area contributed by atoms with E-state index >= 15 is 0 Å². The van der Waals surface area contributed by atoms with Crippen LogP contribution >= 0.6 is 0 Å². The first-order chi connectivity index (χ1) is 10.7. The minimum Gasteiger partial charge on any atom is -0.348 e. The fourth-order valence-electron chi connectivity index (χ4n) is 2.22. The molecule has 2 amide bonds. The van der Waals surface area contributed by atoms with E-state index in [-0.39, 0.29) is 0 Å². The summed E-state index contributed by atoms with van der Waals surface area (Å²) in [5.41, 5.74) is 0.982. The van der Waals surface area contributed by atoms with Crippen LogP contribution in [-0.4, -0.2) is 18.4 Å². The Balaban J connectivity index is 2.03. The lowest BCUT2D eigenvalue weighted by atomic mass is 10.1. The summed E-state index contributed by atoms with van der Waals surface area (Å²) in [6.45, 7) is 3.16. The standard InChI is InChI=1S/C18H28N2O2/c1-2-3-4-5-6-7-11-14-19-17(21)18(22)20-15-16-12-9-8-10-13-16/h8-10,12-13H,2-7,11,14-15H2,1H3,(H,19,21)(H,20,22). The summed E-state index contributed by atoms with van der Waals surface area (Å²) in [5, 5.41) is 5.29. The Kier molecular flexibility index (Phi) is 9.75. The second-order valence-corrected chi connectivity index (χ2v) is 5.55. The zero-order valence-electron chi connectivity index (χ0n) is 13.6. The fourth-order valence-corrected chi connectivity index (χ4v) is 2.22. The quantitative estimate of drug-likeness (QED) is 0.515. The lowest BCUT2D eigenvalue weighted by molar-refractivity contribution is -0.139. The number of carbonyl (C=O) groups is 2. The Labute approximate surface area is 133 Å². The van der Waals surface area contributed by atoms with E-state index < -0.39 is 11.8 Å². The molecule has 2 N–H and O–H groups in total. The van der Waals surface area contributed by atoms with Gasteiger partial charge in [0.05, 0.1) is 0 Å². The molecule has 0 aliphatic rings. The smallest absolute Gasteiger partial charge is 0.309 e. The van der Waals surface area contributed by atoms with Gasteiger partial charge < -0.3 is 10.6 Å². The van der Waals surface area contributed by atoms with Crippen molar-refractivity contribution in [2.45, 2.75) is 58.4 Å². The van der Waals surface area contributed by atoms with Gasteiger partial charge in [-0.1, -0.05) is 75.8 Å². The van der Waals surface area contributed by atoms with Crippen molar-refractivity contribution in [2.24, 2.45) is 0 Å². The third-order valence-electron chi connectivity index (χ3n) is 3.57. The van der Waals surface area contributed by atoms with Gasteiger partial charge in [0.15, 0.2) is 0 Å². The van der Waals surface area contributed by atoms with E-state index in [1.54, 1.807) is 0 Å². The molecule has 22 heavy (non-hydrogen) atoms. The minimum atomic E-state index is -0.563. The first-order valence-electron chi connectivity index (χ1n) is 8.34. The molecular formula is C18H28N2O2. The van der Waals surface area contributed by atoms with Gasteiger partial charge in [-0.2, -0.15) is 0 Å².